The summed E-state index contributed by atoms with van der Waals surface area (Å²) >= 11 is 6.16. The Hall–Kier alpha value is -3.61. The van der Waals surface area contributed by atoms with Crippen molar-refractivity contribution in [1.82, 2.24) is 4.90 Å². The Bertz CT molecular complexity index is 1330. The topological polar surface area (TPSA) is 64.7 Å². The van der Waals surface area contributed by atoms with Crippen LogP contribution in [0.2, 0.25) is 5.02 Å². The number of carbonyl (C=O) groups is 2. The second kappa shape index (κ2) is 10.8. The molecule has 6 nitrogen and oxygen atoms in total. The van der Waals surface area contributed by atoms with Crippen molar-refractivity contribution in [2.24, 2.45) is 5.92 Å². The van der Waals surface area contributed by atoms with E-state index in [-0.39, 0.29) is 11.8 Å². The molecule has 1 fully saturated rings. The van der Waals surface area contributed by atoms with E-state index < -0.39 is 0 Å². The molecule has 0 radical (unpaired) electrons. The van der Waals surface area contributed by atoms with Crippen LogP contribution < -0.4 is 15.5 Å². The minimum absolute atomic E-state index is 0.139. The number of hydrogen-bond acceptors (Lipinski definition) is 4. The van der Waals surface area contributed by atoms with Gasteiger partial charge in [0.1, 0.15) is 0 Å². The van der Waals surface area contributed by atoms with Crippen molar-refractivity contribution in [2.75, 3.05) is 42.7 Å². The minimum Gasteiger partial charge on any atom is -0.354 e. The van der Waals surface area contributed by atoms with Gasteiger partial charge in [-0.15, -0.1) is 0 Å². The van der Waals surface area contributed by atoms with Crippen LogP contribution in [-0.2, 0) is 9.59 Å². The Morgan fingerprint density at radius 2 is 1.76 bits per heavy atom. The van der Waals surface area contributed by atoms with Gasteiger partial charge in [-0.3, -0.25) is 9.59 Å². The molecule has 0 spiro atoms. The monoisotopic (exact) mass is 514 g/mol. The summed E-state index contributed by atoms with van der Waals surface area (Å²) in [7, 11) is 3.97. The van der Waals surface area contributed by atoms with Gasteiger partial charge in [0, 0.05) is 35.4 Å². The van der Waals surface area contributed by atoms with Gasteiger partial charge in [-0.25, -0.2) is 0 Å². The van der Waals surface area contributed by atoms with Gasteiger partial charge in [0.15, 0.2) is 0 Å². The van der Waals surface area contributed by atoms with E-state index in [9.17, 15) is 9.59 Å². The van der Waals surface area contributed by atoms with Crippen LogP contribution in [0, 0.1) is 5.92 Å². The lowest BCUT2D eigenvalue weighted by Crippen LogP contribution is -2.34. The van der Waals surface area contributed by atoms with Crippen LogP contribution >= 0.6 is 11.6 Å². The zero-order chi connectivity index (χ0) is 25.9. The fraction of sp³-hybridized carbons (Fsp3) is 0.267. The number of halogens is 1. The van der Waals surface area contributed by atoms with Gasteiger partial charge < -0.3 is 20.4 Å². The first-order valence-electron chi connectivity index (χ1n) is 12.6. The highest BCUT2D eigenvalue weighted by Crippen LogP contribution is 2.39. The molecule has 7 heteroatoms. The van der Waals surface area contributed by atoms with Crippen LogP contribution in [0.4, 0.5) is 17.1 Å². The highest BCUT2D eigenvalue weighted by molar-refractivity contribution is 6.38. The summed E-state index contributed by atoms with van der Waals surface area (Å²) in [5.74, 6) is 0.405. The van der Waals surface area contributed by atoms with E-state index in [2.05, 4.69) is 22.6 Å². The largest absolute Gasteiger partial charge is 0.354 e. The molecule has 0 aliphatic carbocycles. The number of likely N-dealkylation sites (tertiary alicyclic amines) is 1. The predicted molar refractivity (Wildman–Crippen MR) is 152 cm³/mol. The van der Waals surface area contributed by atoms with E-state index >= 15 is 0 Å². The van der Waals surface area contributed by atoms with E-state index in [0.29, 0.717) is 34.3 Å². The number of fused-ring (bicyclic) bond motifs is 1. The number of piperidine rings is 1. The summed E-state index contributed by atoms with van der Waals surface area (Å²) in [4.78, 5) is 30.0. The van der Waals surface area contributed by atoms with Crippen molar-refractivity contribution >= 4 is 51.7 Å². The van der Waals surface area contributed by atoms with E-state index in [1.54, 1.807) is 17.0 Å². The van der Waals surface area contributed by atoms with E-state index in [1.165, 1.54) is 0 Å². The van der Waals surface area contributed by atoms with Gasteiger partial charge in [0.25, 0.3) is 5.91 Å². The molecule has 2 aliphatic heterocycles. The Morgan fingerprint density at radius 1 is 1.05 bits per heavy atom. The Morgan fingerprint density at radius 3 is 2.46 bits per heavy atom. The first kappa shape index (κ1) is 25.1. The fourth-order valence-corrected chi connectivity index (χ4v) is 5.16. The number of benzene rings is 3. The Labute approximate surface area is 222 Å². The molecule has 190 valence electrons. The number of rotatable bonds is 6. The first-order chi connectivity index (χ1) is 17.9. The lowest BCUT2D eigenvalue weighted by atomic mass is 9.93. The number of carbonyl (C=O) groups excluding carboxylic acids is 2. The predicted octanol–water partition coefficient (Wildman–Crippen LogP) is 5.97. The molecule has 2 N–H and O–H groups in total. The summed E-state index contributed by atoms with van der Waals surface area (Å²) in [5.41, 5.74) is 5.33. The van der Waals surface area contributed by atoms with Gasteiger partial charge in [-0.2, -0.15) is 0 Å². The summed E-state index contributed by atoms with van der Waals surface area (Å²) in [5, 5.41) is 6.96. The molecule has 0 aromatic heterocycles. The standard InChI is InChI=1S/C30H31ClN4O2/c1-34-16-14-20(15-17-34)18-27(36)35(2)24-11-9-23(10-12-24)32-29(21-6-4-3-5-7-21)28-25-13-8-22(31)19-26(25)33-30(28)37/h3-13,19-20,32H,14-18H2,1-2H3,(H,33,37)/b29-28-. The molecular weight excluding hydrogens is 484 g/mol. The molecule has 3 aromatic rings. The third-order valence-electron chi connectivity index (χ3n) is 7.24. The molecule has 2 heterocycles. The summed E-state index contributed by atoms with van der Waals surface area (Å²) in [6, 6.07) is 22.9. The molecule has 2 aliphatic rings. The minimum atomic E-state index is -0.181. The first-order valence-corrected chi connectivity index (χ1v) is 13.0. The van der Waals surface area contributed by atoms with Crippen molar-refractivity contribution in [3.05, 3.63) is 88.9 Å². The maximum atomic E-state index is 13.0. The molecule has 3 aromatic carbocycles. The van der Waals surface area contributed by atoms with Gasteiger partial charge in [0.2, 0.25) is 5.91 Å². The zero-order valence-electron chi connectivity index (χ0n) is 21.1. The second-order valence-electron chi connectivity index (χ2n) is 9.84. The second-order valence-corrected chi connectivity index (χ2v) is 10.3. The fourth-order valence-electron chi connectivity index (χ4n) is 4.98. The van der Waals surface area contributed by atoms with Crippen molar-refractivity contribution in [3.63, 3.8) is 0 Å². The highest BCUT2D eigenvalue weighted by atomic mass is 35.5. The Kier molecular flexibility index (Phi) is 7.31. The van der Waals surface area contributed by atoms with Gasteiger partial charge in [-0.05, 0) is 80.9 Å². The van der Waals surface area contributed by atoms with E-state index in [0.717, 1.165) is 48.4 Å². The lowest BCUT2D eigenvalue weighted by Gasteiger charge is -2.29. The number of nitrogens with one attached hydrogen (secondary N) is 2. The van der Waals surface area contributed by atoms with E-state index in [1.807, 2.05) is 67.7 Å². The van der Waals surface area contributed by atoms with Gasteiger partial charge >= 0.3 is 0 Å². The van der Waals surface area contributed by atoms with E-state index in [4.69, 9.17) is 11.6 Å². The van der Waals surface area contributed by atoms with Crippen LogP contribution in [-0.4, -0.2) is 43.9 Å². The highest BCUT2D eigenvalue weighted by Gasteiger charge is 2.28. The molecule has 0 unspecified atom stereocenters. The van der Waals surface area contributed by atoms with Crippen LogP contribution in [0.15, 0.2) is 72.8 Å². The average molecular weight is 515 g/mol. The molecule has 5 rings (SSSR count). The van der Waals surface area contributed by atoms with Crippen LogP contribution in [0.25, 0.3) is 11.3 Å². The number of nitrogens with zero attached hydrogens (tertiary/aromatic N) is 2. The van der Waals surface area contributed by atoms with Crippen LogP contribution in [0.1, 0.15) is 30.4 Å². The average Bonchev–Trinajstić information content (AvgIpc) is 3.23. The molecule has 0 bridgehead atoms. The third-order valence-corrected chi connectivity index (χ3v) is 7.47. The van der Waals surface area contributed by atoms with Gasteiger partial charge in [-0.1, -0.05) is 48.0 Å². The SMILES string of the molecule is CN1CCC(CC(=O)N(C)c2ccc(N/C(=C3\C(=O)Nc4cc(Cl)ccc43)c3ccccc3)cc2)CC1. The van der Waals surface area contributed by atoms with Crippen molar-refractivity contribution in [3.8, 4) is 0 Å². The maximum Gasteiger partial charge on any atom is 0.258 e. The maximum absolute atomic E-state index is 13.0. The summed E-state index contributed by atoms with van der Waals surface area (Å²) < 4.78 is 0. The molecule has 2 amide bonds. The number of anilines is 3. The smallest absolute Gasteiger partial charge is 0.258 e. The summed E-state index contributed by atoms with van der Waals surface area (Å²) in [6.45, 7) is 2.10. The van der Waals surface area contributed by atoms with Crippen molar-refractivity contribution in [1.29, 1.82) is 0 Å². The normalized spacial score (nSPS) is 17.2. The van der Waals surface area contributed by atoms with Crippen molar-refractivity contribution < 1.29 is 9.59 Å². The number of amides is 2. The number of hydrogen-bond donors (Lipinski definition) is 2. The van der Waals surface area contributed by atoms with Crippen LogP contribution in [0.3, 0.4) is 0 Å². The summed E-state index contributed by atoms with van der Waals surface area (Å²) in [6.07, 6.45) is 2.71. The molecule has 0 saturated carbocycles. The zero-order valence-corrected chi connectivity index (χ0v) is 21.9. The Balaban J connectivity index is 1.38. The quantitative estimate of drug-likeness (QED) is 0.398. The molecular formula is C30H31ClN4O2. The van der Waals surface area contributed by atoms with Crippen LogP contribution in [0.5, 0.6) is 0 Å². The molecule has 1 saturated heterocycles. The van der Waals surface area contributed by atoms with Gasteiger partial charge in [0.05, 0.1) is 17.0 Å². The lowest BCUT2D eigenvalue weighted by molar-refractivity contribution is -0.119. The molecule has 0 atom stereocenters. The van der Waals surface area contributed by atoms with Crippen molar-refractivity contribution in [2.45, 2.75) is 19.3 Å². The molecule has 37 heavy (non-hydrogen) atoms. The third kappa shape index (κ3) is 5.55.